The fourth-order valence-corrected chi connectivity index (χ4v) is 3.40. The molecule has 26 heavy (non-hydrogen) atoms. The quantitative estimate of drug-likeness (QED) is 0.605. The first-order valence-corrected chi connectivity index (χ1v) is 11.0. The van der Waals surface area contributed by atoms with E-state index in [0.29, 0.717) is 12.0 Å². The van der Waals surface area contributed by atoms with Gasteiger partial charge in [0.1, 0.15) is 0 Å². The standard InChI is InChI=1S/C15H30N2O.C5H13N.C2H6/c1-5-7-8-9-16-10-13(3)11-17(14(4)18)15(6-2)12-16;1-4-5-6(2)3;1-2/h13,15H,5-12H2,1-4H3;4-5H2,1-3H3;1-2H3. The first-order chi connectivity index (χ1) is 12.3. The molecule has 1 saturated heterocycles. The second kappa shape index (κ2) is 17.8. The summed E-state index contributed by atoms with van der Waals surface area (Å²) in [5.41, 5.74) is 0. The number of hydrogen-bond acceptors (Lipinski definition) is 3. The molecule has 1 aliphatic heterocycles. The Morgan fingerprint density at radius 2 is 1.62 bits per heavy atom. The van der Waals surface area contributed by atoms with Crippen LogP contribution in [0.3, 0.4) is 0 Å². The van der Waals surface area contributed by atoms with E-state index in [0.717, 1.165) is 26.1 Å². The summed E-state index contributed by atoms with van der Waals surface area (Å²) in [5, 5.41) is 0. The van der Waals surface area contributed by atoms with Crippen LogP contribution in [-0.2, 0) is 4.79 Å². The van der Waals surface area contributed by atoms with Crippen LogP contribution in [0.4, 0.5) is 0 Å². The summed E-state index contributed by atoms with van der Waals surface area (Å²) in [7, 11) is 4.17. The van der Waals surface area contributed by atoms with Gasteiger partial charge >= 0.3 is 0 Å². The van der Waals surface area contributed by atoms with E-state index < -0.39 is 0 Å². The van der Waals surface area contributed by atoms with Crippen LogP contribution in [-0.4, -0.2) is 73.5 Å². The topological polar surface area (TPSA) is 26.8 Å². The van der Waals surface area contributed by atoms with Crippen LogP contribution in [0.25, 0.3) is 0 Å². The van der Waals surface area contributed by atoms with Gasteiger partial charge in [0.05, 0.1) is 0 Å². The van der Waals surface area contributed by atoms with Crippen LogP contribution in [0.1, 0.15) is 80.6 Å². The van der Waals surface area contributed by atoms with Gasteiger partial charge in [0.15, 0.2) is 0 Å². The fourth-order valence-electron chi connectivity index (χ4n) is 3.40. The van der Waals surface area contributed by atoms with Gasteiger partial charge in [0, 0.05) is 32.6 Å². The lowest BCUT2D eigenvalue weighted by atomic mass is 10.1. The van der Waals surface area contributed by atoms with Gasteiger partial charge in [-0.25, -0.2) is 0 Å². The first kappa shape index (κ1) is 27.6. The van der Waals surface area contributed by atoms with Crippen LogP contribution in [0.15, 0.2) is 0 Å². The summed E-state index contributed by atoms with van der Waals surface area (Å²) in [6, 6.07) is 0.411. The van der Waals surface area contributed by atoms with E-state index in [1.54, 1.807) is 6.92 Å². The summed E-state index contributed by atoms with van der Waals surface area (Å²) in [6.45, 7) is 20.1. The van der Waals surface area contributed by atoms with E-state index in [1.807, 2.05) is 13.8 Å². The zero-order valence-corrected chi connectivity index (χ0v) is 19.5. The Balaban J connectivity index is 0. The van der Waals surface area contributed by atoms with Crippen molar-refractivity contribution in [2.45, 2.75) is 86.6 Å². The Hall–Kier alpha value is -0.610. The largest absolute Gasteiger partial charge is 0.338 e. The highest BCUT2D eigenvalue weighted by Crippen LogP contribution is 2.17. The molecule has 1 heterocycles. The van der Waals surface area contributed by atoms with Gasteiger partial charge in [-0.3, -0.25) is 4.79 Å². The maximum Gasteiger partial charge on any atom is 0.219 e. The molecule has 0 aliphatic carbocycles. The summed E-state index contributed by atoms with van der Waals surface area (Å²) < 4.78 is 0. The third-order valence-corrected chi connectivity index (χ3v) is 4.61. The lowest BCUT2D eigenvalue weighted by Gasteiger charge is -2.30. The van der Waals surface area contributed by atoms with E-state index in [9.17, 15) is 4.79 Å². The molecule has 2 atom stereocenters. The minimum Gasteiger partial charge on any atom is -0.338 e. The number of carbonyl (C=O) groups is 1. The summed E-state index contributed by atoms with van der Waals surface area (Å²) in [4.78, 5) is 18.6. The van der Waals surface area contributed by atoms with E-state index in [4.69, 9.17) is 0 Å². The van der Waals surface area contributed by atoms with Gasteiger partial charge in [-0.05, 0) is 52.4 Å². The molecule has 2 unspecified atom stereocenters. The van der Waals surface area contributed by atoms with Crippen molar-refractivity contribution in [1.29, 1.82) is 0 Å². The molecular weight excluding hydrogens is 322 g/mol. The zero-order valence-electron chi connectivity index (χ0n) is 19.5. The van der Waals surface area contributed by atoms with Crippen LogP contribution in [0.2, 0.25) is 0 Å². The maximum absolute atomic E-state index is 11.7. The Morgan fingerprint density at radius 1 is 1.00 bits per heavy atom. The van der Waals surface area contributed by atoms with Gasteiger partial charge in [-0.1, -0.05) is 54.4 Å². The lowest BCUT2D eigenvalue weighted by Crippen LogP contribution is -2.43. The third kappa shape index (κ3) is 13.6. The van der Waals surface area contributed by atoms with Gasteiger partial charge in [0.2, 0.25) is 5.91 Å². The van der Waals surface area contributed by atoms with Crippen molar-refractivity contribution in [2.75, 3.05) is 46.8 Å². The highest BCUT2D eigenvalue weighted by atomic mass is 16.2. The molecule has 0 bridgehead atoms. The Kier molecular flexibility index (Phi) is 18.9. The molecule has 1 aliphatic rings. The van der Waals surface area contributed by atoms with Crippen molar-refractivity contribution >= 4 is 5.91 Å². The van der Waals surface area contributed by atoms with Crippen molar-refractivity contribution in [3.8, 4) is 0 Å². The van der Waals surface area contributed by atoms with E-state index >= 15 is 0 Å². The normalized spacial score (nSPS) is 20.6. The highest BCUT2D eigenvalue weighted by Gasteiger charge is 2.28. The van der Waals surface area contributed by atoms with Crippen molar-refractivity contribution in [2.24, 2.45) is 5.92 Å². The molecule has 0 radical (unpaired) electrons. The number of nitrogens with zero attached hydrogens (tertiary/aromatic N) is 3. The van der Waals surface area contributed by atoms with Crippen molar-refractivity contribution in [3.05, 3.63) is 0 Å². The average molecular weight is 372 g/mol. The molecule has 0 aromatic heterocycles. The minimum absolute atomic E-state index is 0.240. The molecule has 1 rings (SSSR count). The smallest absolute Gasteiger partial charge is 0.219 e. The fraction of sp³-hybridized carbons (Fsp3) is 0.955. The monoisotopic (exact) mass is 371 g/mol. The number of carbonyl (C=O) groups excluding carboxylic acids is 1. The van der Waals surface area contributed by atoms with Gasteiger partial charge in [-0.15, -0.1) is 0 Å². The number of rotatable bonds is 7. The molecular formula is C22H49N3O. The third-order valence-electron chi connectivity index (χ3n) is 4.61. The summed E-state index contributed by atoms with van der Waals surface area (Å²) >= 11 is 0. The number of hydrogen-bond donors (Lipinski definition) is 0. The van der Waals surface area contributed by atoms with Gasteiger partial charge < -0.3 is 14.7 Å². The number of amides is 1. The zero-order chi connectivity index (χ0) is 20.5. The predicted octanol–water partition coefficient (Wildman–Crippen LogP) is 4.74. The second-order valence-electron chi connectivity index (χ2n) is 7.61. The second-order valence-corrected chi connectivity index (χ2v) is 7.61. The van der Waals surface area contributed by atoms with E-state index in [-0.39, 0.29) is 5.91 Å². The molecule has 4 nitrogen and oxygen atoms in total. The summed E-state index contributed by atoms with van der Waals surface area (Å²) in [5.74, 6) is 0.830. The molecule has 0 N–H and O–H groups in total. The SMILES string of the molecule is CC.CCCCCN1CC(C)CN(C(C)=O)C(CC)C1.CCCN(C)C. The van der Waals surface area contributed by atoms with Gasteiger partial charge in [0.25, 0.3) is 0 Å². The molecule has 4 heteroatoms. The highest BCUT2D eigenvalue weighted by molar-refractivity contribution is 5.73. The molecule has 0 spiro atoms. The van der Waals surface area contributed by atoms with Crippen LogP contribution < -0.4 is 0 Å². The van der Waals surface area contributed by atoms with Crippen LogP contribution in [0, 0.1) is 5.92 Å². The van der Waals surface area contributed by atoms with Gasteiger partial charge in [-0.2, -0.15) is 0 Å². The Bertz CT molecular complexity index is 321. The van der Waals surface area contributed by atoms with Crippen LogP contribution in [0.5, 0.6) is 0 Å². The molecule has 0 aromatic carbocycles. The Labute approximate surface area is 165 Å². The maximum atomic E-state index is 11.7. The molecule has 0 aromatic rings. The molecule has 0 saturated carbocycles. The predicted molar refractivity (Wildman–Crippen MR) is 117 cm³/mol. The van der Waals surface area contributed by atoms with Crippen molar-refractivity contribution in [3.63, 3.8) is 0 Å². The van der Waals surface area contributed by atoms with E-state index in [2.05, 4.69) is 56.5 Å². The van der Waals surface area contributed by atoms with E-state index in [1.165, 1.54) is 38.8 Å². The summed E-state index contributed by atoms with van der Waals surface area (Å²) in [6.07, 6.45) is 6.21. The first-order valence-electron chi connectivity index (χ1n) is 11.0. The van der Waals surface area contributed by atoms with Crippen molar-refractivity contribution < 1.29 is 4.79 Å². The lowest BCUT2D eigenvalue weighted by molar-refractivity contribution is -0.131. The van der Waals surface area contributed by atoms with Crippen LogP contribution >= 0.6 is 0 Å². The molecule has 1 amide bonds. The molecule has 158 valence electrons. The van der Waals surface area contributed by atoms with Crippen molar-refractivity contribution in [1.82, 2.24) is 14.7 Å². The molecule has 1 fully saturated rings. The minimum atomic E-state index is 0.240. The average Bonchev–Trinajstić information content (AvgIpc) is 2.76. The Morgan fingerprint density at radius 3 is 2.00 bits per heavy atom. The number of unbranched alkanes of at least 4 members (excludes halogenated alkanes) is 2.